The van der Waals surface area contributed by atoms with Gasteiger partial charge in [-0.25, -0.2) is 0 Å². The van der Waals surface area contributed by atoms with Crippen LogP contribution in [0, 0.1) is 17.8 Å². The van der Waals surface area contributed by atoms with E-state index >= 15 is 0 Å². The predicted molar refractivity (Wildman–Crippen MR) is 102 cm³/mol. The number of rotatable bonds is 2. The van der Waals surface area contributed by atoms with Gasteiger partial charge in [-0.05, 0) is 30.2 Å². The maximum Gasteiger partial charge on any atom is 0.231 e. The summed E-state index contributed by atoms with van der Waals surface area (Å²) < 4.78 is -0.184. The van der Waals surface area contributed by atoms with Gasteiger partial charge in [-0.2, -0.15) is 0 Å². The molecule has 2 heterocycles. The van der Waals surface area contributed by atoms with Crippen LogP contribution in [0.15, 0.2) is 36.4 Å². The first-order chi connectivity index (χ1) is 11.7. The first-order valence-corrected chi connectivity index (χ1v) is 10.4. The lowest BCUT2D eigenvalue weighted by Gasteiger charge is -2.42. The molecule has 1 saturated heterocycles. The Labute approximate surface area is 153 Å². The van der Waals surface area contributed by atoms with Crippen molar-refractivity contribution in [3.05, 3.63) is 42.0 Å². The summed E-state index contributed by atoms with van der Waals surface area (Å²) in [5, 5.41) is 0. The first kappa shape index (κ1) is 16.5. The second-order valence-electron chi connectivity index (χ2n) is 7.27. The molecule has 3 aliphatic rings. The summed E-state index contributed by atoms with van der Waals surface area (Å²) in [7, 11) is 0. The highest BCUT2D eigenvalue weighted by Crippen LogP contribution is 2.45. The number of halogens is 1. The summed E-state index contributed by atoms with van der Waals surface area (Å²) in [5.41, 5.74) is 1.16. The SMILES string of the molecule is O=C(C1C=C(c2ccccc2)SC1Cl)N1CCC2CCCCC2C1. The Kier molecular flexibility index (Phi) is 4.91. The van der Waals surface area contributed by atoms with Crippen molar-refractivity contribution in [2.75, 3.05) is 13.1 Å². The molecule has 2 fully saturated rings. The third kappa shape index (κ3) is 3.25. The summed E-state index contributed by atoms with van der Waals surface area (Å²) in [6.45, 7) is 1.86. The number of hydrogen-bond acceptors (Lipinski definition) is 2. The molecule has 1 aliphatic carbocycles. The van der Waals surface area contributed by atoms with Crippen molar-refractivity contribution < 1.29 is 4.79 Å². The molecule has 2 nitrogen and oxygen atoms in total. The molecule has 0 bridgehead atoms. The van der Waals surface area contributed by atoms with Crippen LogP contribution < -0.4 is 0 Å². The van der Waals surface area contributed by atoms with E-state index in [9.17, 15) is 4.79 Å². The number of hydrogen-bond donors (Lipinski definition) is 0. The molecule has 4 heteroatoms. The average Bonchev–Trinajstić information content (AvgIpc) is 3.03. The maximum absolute atomic E-state index is 13.0. The van der Waals surface area contributed by atoms with E-state index < -0.39 is 0 Å². The second kappa shape index (κ2) is 7.13. The number of carbonyl (C=O) groups excluding carboxylic acids is 1. The molecule has 0 aromatic heterocycles. The van der Waals surface area contributed by atoms with Crippen LogP contribution >= 0.6 is 23.4 Å². The monoisotopic (exact) mass is 361 g/mol. The highest BCUT2D eigenvalue weighted by atomic mass is 35.5. The van der Waals surface area contributed by atoms with E-state index in [4.69, 9.17) is 11.6 Å². The van der Waals surface area contributed by atoms with Crippen LogP contribution in [0.2, 0.25) is 0 Å². The summed E-state index contributed by atoms with van der Waals surface area (Å²) in [6.07, 6.45) is 8.64. The number of nitrogens with zero attached hydrogens (tertiary/aromatic N) is 1. The molecule has 1 amide bonds. The molecule has 4 atom stereocenters. The number of alkyl halides is 1. The molecule has 0 radical (unpaired) electrons. The number of piperidine rings is 1. The zero-order valence-corrected chi connectivity index (χ0v) is 15.4. The Morgan fingerprint density at radius 1 is 1.08 bits per heavy atom. The Balaban J connectivity index is 1.47. The largest absolute Gasteiger partial charge is 0.342 e. The normalized spacial score (nSPS) is 33.0. The van der Waals surface area contributed by atoms with Crippen molar-refractivity contribution in [3.8, 4) is 0 Å². The molecule has 0 spiro atoms. The third-order valence-corrected chi connectivity index (χ3v) is 7.48. The van der Waals surface area contributed by atoms with Crippen LogP contribution in [-0.4, -0.2) is 28.6 Å². The van der Waals surface area contributed by atoms with Gasteiger partial charge >= 0.3 is 0 Å². The van der Waals surface area contributed by atoms with Crippen molar-refractivity contribution in [2.45, 2.75) is 36.8 Å². The maximum atomic E-state index is 13.0. The van der Waals surface area contributed by atoms with Crippen molar-refractivity contribution in [1.29, 1.82) is 0 Å². The van der Waals surface area contributed by atoms with Gasteiger partial charge in [-0.15, -0.1) is 23.4 Å². The molecule has 4 unspecified atom stereocenters. The number of benzene rings is 1. The Bertz CT molecular complexity index is 632. The van der Waals surface area contributed by atoms with Gasteiger partial charge in [-0.3, -0.25) is 4.79 Å². The fourth-order valence-electron chi connectivity index (χ4n) is 4.43. The smallest absolute Gasteiger partial charge is 0.231 e. The zero-order chi connectivity index (χ0) is 16.5. The highest BCUT2D eigenvalue weighted by Gasteiger charge is 2.39. The zero-order valence-electron chi connectivity index (χ0n) is 13.9. The van der Waals surface area contributed by atoms with Gasteiger partial charge < -0.3 is 4.90 Å². The number of amides is 1. The molecule has 1 aromatic carbocycles. The molecule has 1 saturated carbocycles. The van der Waals surface area contributed by atoms with E-state index in [0.29, 0.717) is 0 Å². The van der Waals surface area contributed by atoms with Gasteiger partial charge in [0.05, 0.1) is 10.6 Å². The molecule has 1 aromatic rings. The summed E-state index contributed by atoms with van der Waals surface area (Å²) >= 11 is 8.16. The molecular formula is C20H24ClNOS. The second-order valence-corrected chi connectivity index (χ2v) is 9.18. The van der Waals surface area contributed by atoms with Crippen LogP contribution in [0.4, 0.5) is 0 Å². The minimum Gasteiger partial charge on any atom is -0.342 e. The van der Waals surface area contributed by atoms with Gasteiger partial charge in [-0.1, -0.05) is 55.7 Å². The lowest BCUT2D eigenvalue weighted by molar-refractivity contribution is -0.136. The lowest BCUT2D eigenvalue weighted by atomic mass is 9.75. The quantitative estimate of drug-likeness (QED) is 0.691. The molecule has 2 aliphatic heterocycles. The van der Waals surface area contributed by atoms with Crippen LogP contribution in [0.5, 0.6) is 0 Å². The lowest BCUT2D eigenvalue weighted by Crippen LogP contribution is -2.47. The standard InChI is InChI=1S/C20H24ClNOS/c21-19-17(12-18(24-19)15-7-2-1-3-8-15)20(23)22-11-10-14-6-4-5-9-16(14)13-22/h1-3,7-8,12,14,16-17,19H,4-6,9-11,13H2. The molecule has 128 valence electrons. The van der Waals surface area contributed by atoms with Crippen LogP contribution in [0.25, 0.3) is 4.91 Å². The van der Waals surface area contributed by atoms with Crippen molar-refractivity contribution in [1.82, 2.24) is 4.90 Å². The molecular weight excluding hydrogens is 338 g/mol. The van der Waals surface area contributed by atoms with Crippen molar-refractivity contribution >= 4 is 34.2 Å². The van der Waals surface area contributed by atoms with Gasteiger partial charge in [0, 0.05) is 18.0 Å². The van der Waals surface area contributed by atoms with E-state index in [1.54, 1.807) is 11.8 Å². The Morgan fingerprint density at radius 3 is 2.62 bits per heavy atom. The number of fused-ring (bicyclic) bond motifs is 1. The van der Waals surface area contributed by atoms with Gasteiger partial charge in [0.25, 0.3) is 0 Å². The van der Waals surface area contributed by atoms with Crippen LogP contribution in [0.3, 0.4) is 0 Å². The predicted octanol–water partition coefficient (Wildman–Crippen LogP) is 4.99. The fourth-order valence-corrected chi connectivity index (χ4v) is 5.98. The summed E-state index contributed by atoms with van der Waals surface area (Å²) in [4.78, 5) is 16.3. The topological polar surface area (TPSA) is 20.3 Å². The van der Waals surface area contributed by atoms with E-state index in [0.717, 1.165) is 35.4 Å². The number of likely N-dealkylation sites (tertiary alicyclic amines) is 1. The highest BCUT2D eigenvalue weighted by molar-refractivity contribution is 8.10. The van der Waals surface area contributed by atoms with Crippen LogP contribution in [-0.2, 0) is 4.79 Å². The minimum absolute atomic E-state index is 0.184. The van der Waals surface area contributed by atoms with Gasteiger partial charge in [0.15, 0.2) is 0 Å². The number of carbonyl (C=O) groups is 1. The van der Waals surface area contributed by atoms with Gasteiger partial charge in [0.2, 0.25) is 5.91 Å². The minimum atomic E-state index is -0.188. The van der Waals surface area contributed by atoms with E-state index in [1.807, 2.05) is 18.2 Å². The fraction of sp³-hybridized carbons (Fsp3) is 0.550. The average molecular weight is 362 g/mol. The summed E-state index contributed by atoms with van der Waals surface area (Å²) in [6, 6.07) is 10.2. The summed E-state index contributed by atoms with van der Waals surface area (Å²) in [5.74, 6) is 1.62. The van der Waals surface area contributed by atoms with Crippen LogP contribution in [0.1, 0.15) is 37.7 Å². The number of thioether (sulfide) groups is 1. The van der Waals surface area contributed by atoms with Gasteiger partial charge in [0.1, 0.15) is 0 Å². The van der Waals surface area contributed by atoms with E-state index in [-0.39, 0.29) is 16.5 Å². The van der Waals surface area contributed by atoms with Crippen molar-refractivity contribution in [3.63, 3.8) is 0 Å². The third-order valence-electron chi connectivity index (χ3n) is 5.80. The van der Waals surface area contributed by atoms with Crippen molar-refractivity contribution in [2.24, 2.45) is 17.8 Å². The Hall–Kier alpha value is -0.930. The van der Waals surface area contributed by atoms with E-state index in [2.05, 4.69) is 23.1 Å². The molecule has 4 rings (SSSR count). The Morgan fingerprint density at radius 2 is 1.83 bits per heavy atom. The molecule has 24 heavy (non-hydrogen) atoms. The first-order valence-electron chi connectivity index (χ1n) is 9.09. The van der Waals surface area contributed by atoms with E-state index in [1.165, 1.54) is 32.1 Å². The molecule has 0 N–H and O–H groups in total.